The van der Waals surface area contributed by atoms with Gasteiger partial charge in [0.2, 0.25) is 0 Å². The summed E-state index contributed by atoms with van der Waals surface area (Å²) >= 11 is 0. The lowest BCUT2D eigenvalue weighted by Crippen LogP contribution is -2.34. The summed E-state index contributed by atoms with van der Waals surface area (Å²) in [7, 11) is 0. The van der Waals surface area contributed by atoms with Gasteiger partial charge in [0.15, 0.2) is 6.10 Å². The van der Waals surface area contributed by atoms with E-state index in [-0.39, 0.29) is 11.4 Å². The Hall–Kier alpha value is -3.14. The van der Waals surface area contributed by atoms with Gasteiger partial charge in [0.05, 0.1) is 11.1 Å². The summed E-state index contributed by atoms with van der Waals surface area (Å²) < 4.78 is 12.0. The van der Waals surface area contributed by atoms with Crippen molar-refractivity contribution < 1.29 is 14.3 Å². The Kier molecular flexibility index (Phi) is 8.81. The maximum Gasteiger partial charge on any atom is 0.312 e. The first-order valence-corrected chi connectivity index (χ1v) is 11.5. The van der Waals surface area contributed by atoms with E-state index in [1.807, 2.05) is 64.1 Å². The molecule has 0 N–H and O–H groups in total. The van der Waals surface area contributed by atoms with Gasteiger partial charge in [-0.3, -0.25) is 9.78 Å². The lowest BCUT2D eigenvalue weighted by atomic mass is 9.72. The lowest BCUT2D eigenvalue weighted by Gasteiger charge is -2.35. The summed E-state index contributed by atoms with van der Waals surface area (Å²) in [5.41, 5.74) is 1.62. The second-order valence-electron chi connectivity index (χ2n) is 9.51. The quantitative estimate of drug-likeness (QED) is 0.450. The molecule has 2 aromatic rings. The number of aromatic nitrogens is 1. The molecule has 1 atom stereocenters. The van der Waals surface area contributed by atoms with E-state index >= 15 is 0 Å². The molecule has 33 heavy (non-hydrogen) atoms. The number of rotatable bonds is 2. The van der Waals surface area contributed by atoms with Crippen molar-refractivity contribution in [2.24, 2.45) is 10.8 Å². The highest BCUT2D eigenvalue weighted by molar-refractivity contribution is 5.76. The highest BCUT2D eigenvalue weighted by Crippen LogP contribution is 2.40. The topological polar surface area (TPSA) is 48.4 Å². The first-order chi connectivity index (χ1) is 15.6. The molecule has 1 aliphatic rings. The number of hydrogen-bond donors (Lipinski definition) is 0. The third kappa shape index (κ3) is 7.18. The minimum absolute atomic E-state index is 0.125. The van der Waals surface area contributed by atoms with Gasteiger partial charge in [0, 0.05) is 11.8 Å². The minimum Gasteiger partial charge on any atom is -0.458 e. The molecule has 2 bridgehead atoms. The molecule has 0 aliphatic carbocycles. The number of pyridine rings is 1. The number of carbonyl (C=O) groups excluding carboxylic acids is 1. The van der Waals surface area contributed by atoms with Gasteiger partial charge in [-0.25, -0.2) is 0 Å². The molecule has 176 valence electrons. The molecule has 2 heterocycles. The van der Waals surface area contributed by atoms with Gasteiger partial charge in [-0.15, -0.1) is 0 Å². The number of allylic oxidation sites excluding steroid dienone is 1. The molecule has 0 spiro atoms. The van der Waals surface area contributed by atoms with Gasteiger partial charge < -0.3 is 9.47 Å². The van der Waals surface area contributed by atoms with E-state index in [2.05, 4.69) is 38.1 Å². The first-order valence-electron chi connectivity index (χ1n) is 11.5. The van der Waals surface area contributed by atoms with Crippen molar-refractivity contribution in [1.82, 2.24) is 4.98 Å². The number of nitrogens with zero attached hydrogens (tertiary/aromatic N) is 1. The van der Waals surface area contributed by atoms with E-state index in [9.17, 15) is 4.79 Å². The van der Waals surface area contributed by atoms with Crippen LogP contribution in [0.4, 0.5) is 0 Å². The van der Waals surface area contributed by atoms with Crippen LogP contribution in [0.5, 0.6) is 5.75 Å². The van der Waals surface area contributed by atoms with E-state index in [1.165, 1.54) is 0 Å². The third-order valence-electron chi connectivity index (χ3n) is 5.35. The summed E-state index contributed by atoms with van der Waals surface area (Å²) in [6.45, 7) is 20.2. The number of fused-ring (bicyclic) bond motifs is 2. The van der Waals surface area contributed by atoms with Crippen LogP contribution in [0.25, 0.3) is 0 Å². The van der Waals surface area contributed by atoms with E-state index in [0.29, 0.717) is 23.4 Å². The Morgan fingerprint density at radius 1 is 1.09 bits per heavy atom. The summed E-state index contributed by atoms with van der Waals surface area (Å²) in [6.07, 6.45) is 5.85. The third-order valence-corrected chi connectivity index (χ3v) is 5.35. The van der Waals surface area contributed by atoms with Crippen molar-refractivity contribution in [2.45, 2.75) is 60.5 Å². The number of carbonyl (C=O) groups is 1. The van der Waals surface area contributed by atoms with Crippen LogP contribution in [0.2, 0.25) is 0 Å². The van der Waals surface area contributed by atoms with Crippen molar-refractivity contribution >= 4 is 5.97 Å². The van der Waals surface area contributed by atoms with Crippen LogP contribution in [-0.2, 0) is 16.0 Å². The Morgan fingerprint density at radius 2 is 1.82 bits per heavy atom. The summed E-state index contributed by atoms with van der Waals surface area (Å²) in [6, 6.07) is 13.5. The zero-order chi connectivity index (χ0) is 24.6. The largest absolute Gasteiger partial charge is 0.458 e. The van der Waals surface area contributed by atoms with Crippen LogP contribution in [-0.4, -0.2) is 11.0 Å². The van der Waals surface area contributed by atoms with Gasteiger partial charge in [-0.1, -0.05) is 65.1 Å². The number of esters is 1. The van der Waals surface area contributed by atoms with Crippen molar-refractivity contribution in [2.75, 3.05) is 0 Å². The van der Waals surface area contributed by atoms with E-state index in [4.69, 9.17) is 9.47 Å². The standard InChI is InChI=1S/C27H31NO3.C2H6/c1-7-21-15-19(2)30-22-12-10-11-20(16-22)17-26(3,4)18-27(5,6)25(29)31-24(21)23-13-8-9-14-28-23;1-2/h7-16,24H,1-2,17-18H2,3-6H3;1-2H3/b21-15+;. The van der Waals surface area contributed by atoms with Crippen LogP contribution in [0.1, 0.15) is 65.3 Å². The van der Waals surface area contributed by atoms with Gasteiger partial charge in [0.1, 0.15) is 11.5 Å². The average molecular weight is 448 g/mol. The van der Waals surface area contributed by atoms with Crippen LogP contribution < -0.4 is 4.74 Å². The van der Waals surface area contributed by atoms with Crippen molar-refractivity contribution in [3.8, 4) is 5.75 Å². The normalized spacial score (nSPS) is 21.6. The zero-order valence-corrected chi connectivity index (χ0v) is 20.9. The monoisotopic (exact) mass is 447 g/mol. The second-order valence-corrected chi connectivity index (χ2v) is 9.51. The SMILES string of the molecule is C=C/C1=C\C(=C)Oc2cccc(c2)CC(C)(C)CC(C)(C)C(=O)OC1c1ccccn1.CC. The number of hydrogen-bond acceptors (Lipinski definition) is 4. The zero-order valence-electron chi connectivity index (χ0n) is 20.9. The highest BCUT2D eigenvalue weighted by atomic mass is 16.5. The molecule has 0 saturated carbocycles. The van der Waals surface area contributed by atoms with Gasteiger partial charge >= 0.3 is 5.97 Å². The first kappa shape index (κ1) is 26.1. The molecule has 0 radical (unpaired) electrons. The molecule has 0 fully saturated rings. The molecule has 0 saturated heterocycles. The summed E-state index contributed by atoms with van der Waals surface area (Å²) in [4.78, 5) is 17.8. The molecule has 1 unspecified atom stereocenters. The van der Waals surface area contributed by atoms with E-state index in [0.717, 1.165) is 17.7 Å². The van der Waals surface area contributed by atoms with Crippen molar-refractivity contribution in [1.29, 1.82) is 0 Å². The fourth-order valence-corrected chi connectivity index (χ4v) is 4.31. The Morgan fingerprint density at radius 3 is 2.45 bits per heavy atom. The minimum atomic E-state index is -0.705. The maximum atomic E-state index is 13.3. The highest BCUT2D eigenvalue weighted by Gasteiger charge is 2.38. The molecule has 1 aromatic heterocycles. The molecule has 4 heteroatoms. The van der Waals surface area contributed by atoms with Gasteiger partial charge in [0.25, 0.3) is 0 Å². The smallest absolute Gasteiger partial charge is 0.312 e. The average Bonchev–Trinajstić information content (AvgIpc) is 2.76. The molecule has 0 amide bonds. The van der Waals surface area contributed by atoms with Gasteiger partial charge in [-0.2, -0.15) is 0 Å². The van der Waals surface area contributed by atoms with Crippen molar-refractivity contribution in [3.63, 3.8) is 0 Å². The fourth-order valence-electron chi connectivity index (χ4n) is 4.31. The fraction of sp³-hybridized carbons (Fsp3) is 0.379. The molecular formula is C29H37NO3. The molecule has 1 aromatic carbocycles. The van der Waals surface area contributed by atoms with E-state index in [1.54, 1.807) is 18.3 Å². The Labute approximate surface area is 199 Å². The van der Waals surface area contributed by atoms with Crippen molar-refractivity contribution in [3.05, 3.63) is 96.6 Å². The van der Waals surface area contributed by atoms with Crippen LogP contribution >= 0.6 is 0 Å². The molecule has 3 rings (SSSR count). The molecule has 4 nitrogen and oxygen atoms in total. The van der Waals surface area contributed by atoms with Crippen LogP contribution in [0.15, 0.2) is 85.3 Å². The summed E-state index contributed by atoms with van der Waals surface area (Å²) in [5, 5.41) is 0. The van der Waals surface area contributed by atoms with Crippen LogP contribution in [0, 0.1) is 10.8 Å². The lowest BCUT2D eigenvalue weighted by molar-refractivity contribution is -0.160. The second kappa shape index (κ2) is 11.1. The van der Waals surface area contributed by atoms with Crippen LogP contribution in [0.3, 0.4) is 0 Å². The Bertz CT molecular complexity index is 1000. The number of ether oxygens (including phenoxy) is 2. The molecule has 1 aliphatic heterocycles. The number of cyclic esters (lactones) is 1. The summed E-state index contributed by atoms with van der Waals surface area (Å²) in [5.74, 6) is 0.876. The Balaban J connectivity index is 0.00000187. The maximum absolute atomic E-state index is 13.3. The molecular weight excluding hydrogens is 410 g/mol. The van der Waals surface area contributed by atoms with Gasteiger partial charge in [-0.05, 0) is 68.0 Å². The predicted octanol–water partition coefficient (Wildman–Crippen LogP) is 7.40. The predicted molar refractivity (Wildman–Crippen MR) is 135 cm³/mol. The number of benzene rings is 1. The van der Waals surface area contributed by atoms with E-state index < -0.39 is 11.5 Å².